The molecule has 0 radical (unpaired) electrons. The number of esters is 1. The van der Waals surface area contributed by atoms with Crippen molar-refractivity contribution in [3.8, 4) is 0 Å². The van der Waals surface area contributed by atoms with Crippen LogP contribution < -0.4 is 5.73 Å². The third kappa shape index (κ3) is 4.54. The summed E-state index contributed by atoms with van der Waals surface area (Å²) in [6, 6.07) is 1.67. The van der Waals surface area contributed by atoms with Gasteiger partial charge in [0.25, 0.3) is 0 Å². The molecule has 0 aliphatic carbocycles. The minimum atomic E-state index is -0.406. The average Bonchev–Trinajstić information content (AvgIpc) is 2.36. The molecule has 2 N–H and O–H groups in total. The van der Waals surface area contributed by atoms with Crippen molar-refractivity contribution in [1.82, 2.24) is 4.98 Å². The Labute approximate surface area is 111 Å². The van der Waals surface area contributed by atoms with E-state index in [1.807, 2.05) is 0 Å². The first-order valence-corrected chi connectivity index (χ1v) is 6.72. The first kappa shape index (κ1) is 14.8. The summed E-state index contributed by atoms with van der Waals surface area (Å²) in [7, 11) is 1.67. The third-order valence-corrected chi connectivity index (χ3v) is 3.16. The van der Waals surface area contributed by atoms with E-state index in [4.69, 9.17) is 15.2 Å². The third-order valence-electron chi connectivity index (χ3n) is 2.15. The minimum Gasteiger partial charge on any atom is -0.462 e. The van der Waals surface area contributed by atoms with Crippen LogP contribution in [0.15, 0.2) is 17.3 Å². The SMILES string of the molecule is CCOC(=O)c1cc(SCCCOC)ncc1N. The largest absolute Gasteiger partial charge is 0.462 e. The summed E-state index contributed by atoms with van der Waals surface area (Å²) < 4.78 is 9.90. The van der Waals surface area contributed by atoms with Crippen LogP contribution in [0.5, 0.6) is 0 Å². The van der Waals surface area contributed by atoms with Crippen LogP contribution in [0.4, 0.5) is 5.69 Å². The molecular formula is C12H18N2O3S. The normalized spacial score (nSPS) is 10.3. The summed E-state index contributed by atoms with van der Waals surface area (Å²) in [4.78, 5) is 15.8. The molecule has 0 aliphatic heterocycles. The van der Waals surface area contributed by atoms with Crippen LogP contribution in [-0.4, -0.2) is 37.0 Å². The molecule has 0 amide bonds. The molecule has 18 heavy (non-hydrogen) atoms. The number of pyridine rings is 1. The van der Waals surface area contributed by atoms with Crippen LogP contribution in [0.3, 0.4) is 0 Å². The Balaban J connectivity index is 2.65. The van der Waals surface area contributed by atoms with Gasteiger partial charge in [-0.15, -0.1) is 11.8 Å². The van der Waals surface area contributed by atoms with Gasteiger partial charge in [0.05, 0.1) is 29.1 Å². The second-order valence-electron chi connectivity index (χ2n) is 3.53. The number of anilines is 1. The minimum absolute atomic E-state index is 0.330. The van der Waals surface area contributed by atoms with E-state index >= 15 is 0 Å². The molecule has 1 aromatic heterocycles. The molecule has 0 saturated heterocycles. The fourth-order valence-electron chi connectivity index (χ4n) is 1.29. The standard InChI is InChI=1S/C12H18N2O3S/c1-3-17-12(15)9-7-11(14-8-10(9)13)18-6-4-5-16-2/h7-8H,3-6,13H2,1-2H3. The number of hydrogen-bond donors (Lipinski definition) is 1. The number of rotatable bonds is 7. The maximum Gasteiger partial charge on any atom is 0.340 e. The highest BCUT2D eigenvalue weighted by atomic mass is 32.2. The van der Waals surface area contributed by atoms with E-state index in [-0.39, 0.29) is 0 Å². The van der Waals surface area contributed by atoms with Crippen molar-refractivity contribution in [2.24, 2.45) is 0 Å². The van der Waals surface area contributed by atoms with Gasteiger partial charge in [0, 0.05) is 19.5 Å². The van der Waals surface area contributed by atoms with Crippen LogP contribution in [-0.2, 0) is 9.47 Å². The fraction of sp³-hybridized carbons (Fsp3) is 0.500. The van der Waals surface area contributed by atoms with Crippen molar-refractivity contribution >= 4 is 23.4 Å². The van der Waals surface area contributed by atoms with Gasteiger partial charge in [0.15, 0.2) is 0 Å². The number of nitrogen functional groups attached to an aromatic ring is 1. The van der Waals surface area contributed by atoms with Crippen molar-refractivity contribution in [2.75, 3.05) is 31.8 Å². The number of methoxy groups -OCH3 is 1. The highest BCUT2D eigenvalue weighted by Gasteiger charge is 2.12. The van der Waals surface area contributed by atoms with Gasteiger partial charge in [-0.05, 0) is 19.4 Å². The maximum atomic E-state index is 11.6. The number of carbonyl (C=O) groups excluding carboxylic acids is 1. The van der Waals surface area contributed by atoms with Crippen LogP contribution in [0.2, 0.25) is 0 Å². The van der Waals surface area contributed by atoms with Gasteiger partial charge in [-0.1, -0.05) is 0 Å². The quantitative estimate of drug-likeness (QED) is 0.464. The van der Waals surface area contributed by atoms with Gasteiger partial charge in [0.2, 0.25) is 0 Å². The molecule has 6 heteroatoms. The Hall–Kier alpha value is -1.27. The lowest BCUT2D eigenvalue weighted by atomic mass is 10.2. The second kappa shape index (κ2) is 7.94. The number of thioether (sulfide) groups is 1. The Morgan fingerprint density at radius 3 is 3.00 bits per heavy atom. The van der Waals surface area contributed by atoms with Crippen molar-refractivity contribution in [2.45, 2.75) is 18.4 Å². The van der Waals surface area contributed by atoms with E-state index < -0.39 is 5.97 Å². The van der Waals surface area contributed by atoms with Crippen molar-refractivity contribution in [1.29, 1.82) is 0 Å². The van der Waals surface area contributed by atoms with E-state index in [0.717, 1.165) is 17.2 Å². The molecular weight excluding hydrogens is 252 g/mol. The molecule has 1 rings (SSSR count). The number of ether oxygens (including phenoxy) is 2. The number of aromatic nitrogens is 1. The van der Waals surface area contributed by atoms with Crippen molar-refractivity contribution in [3.63, 3.8) is 0 Å². The van der Waals surface area contributed by atoms with Crippen LogP contribution >= 0.6 is 11.8 Å². The first-order valence-electron chi connectivity index (χ1n) is 5.73. The zero-order valence-corrected chi connectivity index (χ0v) is 11.5. The van der Waals surface area contributed by atoms with Crippen LogP contribution in [0, 0.1) is 0 Å². The van der Waals surface area contributed by atoms with Gasteiger partial charge in [-0.25, -0.2) is 9.78 Å². The molecule has 0 spiro atoms. The number of nitrogens with zero attached hydrogens (tertiary/aromatic N) is 1. The Kier molecular flexibility index (Phi) is 6.53. The predicted molar refractivity (Wildman–Crippen MR) is 71.8 cm³/mol. The van der Waals surface area contributed by atoms with E-state index in [1.165, 1.54) is 6.20 Å². The zero-order chi connectivity index (χ0) is 13.4. The molecule has 0 aliphatic rings. The fourth-order valence-corrected chi connectivity index (χ4v) is 2.09. The Bertz CT molecular complexity index is 399. The summed E-state index contributed by atoms with van der Waals surface area (Å²) in [5.41, 5.74) is 6.42. The predicted octanol–water partition coefficient (Wildman–Crippen LogP) is 1.97. The number of nitrogens with two attached hydrogens (primary N) is 1. The maximum absolute atomic E-state index is 11.6. The molecule has 0 saturated carbocycles. The second-order valence-corrected chi connectivity index (χ2v) is 4.64. The molecule has 0 aromatic carbocycles. The molecule has 1 heterocycles. The van der Waals surface area contributed by atoms with E-state index in [9.17, 15) is 4.79 Å². The van der Waals surface area contributed by atoms with E-state index in [0.29, 0.717) is 24.5 Å². The van der Waals surface area contributed by atoms with E-state index in [1.54, 1.807) is 31.9 Å². The molecule has 0 atom stereocenters. The zero-order valence-electron chi connectivity index (χ0n) is 10.6. The molecule has 5 nitrogen and oxygen atoms in total. The molecule has 100 valence electrons. The Morgan fingerprint density at radius 1 is 1.56 bits per heavy atom. The molecule has 0 fully saturated rings. The van der Waals surface area contributed by atoms with Gasteiger partial charge in [-0.2, -0.15) is 0 Å². The smallest absolute Gasteiger partial charge is 0.340 e. The number of carbonyl (C=O) groups is 1. The summed E-state index contributed by atoms with van der Waals surface area (Å²) in [5.74, 6) is 0.476. The first-order chi connectivity index (χ1) is 8.69. The average molecular weight is 270 g/mol. The summed E-state index contributed by atoms with van der Waals surface area (Å²) in [6.07, 6.45) is 2.42. The summed E-state index contributed by atoms with van der Waals surface area (Å²) >= 11 is 1.56. The van der Waals surface area contributed by atoms with Gasteiger partial charge >= 0.3 is 5.97 Å². The molecule has 0 bridgehead atoms. The summed E-state index contributed by atoms with van der Waals surface area (Å²) in [5, 5.41) is 0.767. The highest BCUT2D eigenvalue weighted by molar-refractivity contribution is 7.99. The lowest BCUT2D eigenvalue weighted by Crippen LogP contribution is -2.08. The monoisotopic (exact) mass is 270 g/mol. The summed E-state index contributed by atoms with van der Waals surface area (Å²) in [6.45, 7) is 2.80. The van der Waals surface area contributed by atoms with Gasteiger partial charge < -0.3 is 15.2 Å². The molecule has 0 unspecified atom stereocenters. The Morgan fingerprint density at radius 2 is 2.33 bits per heavy atom. The van der Waals surface area contributed by atoms with Gasteiger partial charge in [0.1, 0.15) is 0 Å². The lowest BCUT2D eigenvalue weighted by molar-refractivity contribution is 0.0527. The highest BCUT2D eigenvalue weighted by Crippen LogP contribution is 2.21. The lowest BCUT2D eigenvalue weighted by Gasteiger charge is -2.07. The van der Waals surface area contributed by atoms with Crippen molar-refractivity contribution < 1.29 is 14.3 Å². The number of hydrogen-bond acceptors (Lipinski definition) is 6. The van der Waals surface area contributed by atoms with Gasteiger partial charge in [-0.3, -0.25) is 0 Å². The van der Waals surface area contributed by atoms with Crippen LogP contribution in [0.25, 0.3) is 0 Å². The van der Waals surface area contributed by atoms with E-state index in [2.05, 4.69) is 4.98 Å². The van der Waals surface area contributed by atoms with Crippen LogP contribution in [0.1, 0.15) is 23.7 Å². The van der Waals surface area contributed by atoms with Crippen molar-refractivity contribution in [3.05, 3.63) is 17.8 Å². The molecule has 1 aromatic rings. The topological polar surface area (TPSA) is 74.4 Å².